The SMILES string of the molecule is Cc1c(C(=O)NCc2ccc(F)cc2)cnn1CCCN. The number of nitrogens with one attached hydrogen (secondary N) is 1. The van der Waals surface area contributed by atoms with Gasteiger partial charge in [0.05, 0.1) is 11.8 Å². The first-order valence-corrected chi connectivity index (χ1v) is 6.87. The van der Waals surface area contributed by atoms with Crippen molar-refractivity contribution in [3.63, 3.8) is 0 Å². The van der Waals surface area contributed by atoms with Crippen molar-refractivity contribution in [3.05, 3.63) is 53.1 Å². The topological polar surface area (TPSA) is 72.9 Å². The molecular formula is C15H19FN4O. The number of hydrogen-bond acceptors (Lipinski definition) is 3. The van der Waals surface area contributed by atoms with E-state index in [2.05, 4.69) is 10.4 Å². The molecule has 0 aliphatic heterocycles. The van der Waals surface area contributed by atoms with Crippen LogP contribution < -0.4 is 11.1 Å². The van der Waals surface area contributed by atoms with Crippen molar-refractivity contribution in [3.8, 4) is 0 Å². The lowest BCUT2D eigenvalue weighted by atomic mass is 10.2. The molecule has 0 saturated carbocycles. The summed E-state index contributed by atoms with van der Waals surface area (Å²) in [7, 11) is 0. The maximum atomic E-state index is 12.8. The summed E-state index contributed by atoms with van der Waals surface area (Å²) in [6, 6.07) is 6.04. The van der Waals surface area contributed by atoms with Crippen LogP contribution in [0.25, 0.3) is 0 Å². The average molecular weight is 290 g/mol. The second kappa shape index (κ2) is 6.99. The number of nitrogens with two attached hydrogens (primary N) is 1. The Morgan fingerprint density at radius 1 is 1.38 bits per heavy atom. The fraction of sp³-hybridized carbons (Fsp3) is 0.333. The number of rotatable bonds is 6. The van der Waals surface area contributed by atoms with Gasteiger partial charge in [-0.1, -0.05) is 12.1 Å². The Morgan fingerprint density at radius 3 is 2.76 bits per heavy atom. The number of carbonyl (C=O) groups excluding carboxylic acids is 1. The maximum Gasteiger partial charge on any atom is 0.255 e. The van der Waals surface area contributed by atoms with E-state index in [1.807, 2.05) is 6.92 Å². The average Bonchev–Trinajstić information content (AvgIpc) is 2.85. The summed E-state index contributed by atoms with van der Waals surface area (Å²) in [6.07, 6.45) is 2.38. The fourth-order valence-electron chi connectivity index (χ4n) is 2.02. The summed E-state index contributed by atoms with van der Waals surface area (Å²) < 4.78 is 14.6. The predicted molar refractivity (Wildman–Crippen MR) is 78.2 cm³/mol. The van der Waals surface area contributed by atoms with E-state index in [-0.39, 0.29) is 11.7 Å². The lowest BCUT2D eigenvalue weighted by molar-refractivity contribution is 0.0950. The zero-order valence-electron chi connectivity index (χ0n) is 12.0. The van der Waals surface area contributed by atoms with Gasteiger partial charge in [-0.25, -0.2) is 4.39 Å². The normalized spacial score (nSPS) is 10.6. The van der Waals surface area contributed by atoms with Crippen molar-refractivity contribution < 1.29 is 9.18 Å². The highest BCUT2D eigenvalue weighted by Crippen LogP contribution is 2.08. The molecule has 3 N–H and O–H groups in total. The van der Waals surface area contributed by atoms with Gasteiger partial charge < -0.3 is 11.1 Å². The van der Waals surface area contributed by atoms with E-state index < -0.39 is 0 Å². The van der Waals surface area contributed by atoms with Gasteiger partial charge in [0, 0.05) is 18.8 Å². The number of halogens is 1. The summed E-state index contributed by atoms with van der Waals surface area (Å²) in [5.41, 5.74) is 7.68. The summed E-state index contributed by atoms with van der Waals surface area (Å²) >= 11 is 0. The van der Waals surface area contributed by atoms with E-state index in [4.69, 9.17) is 5.73 Å². The molecule has 2 aromatic rings. The largest absolute Gasteiger partial charge is 0.348 e. The molecule has 0 fully saturated rings. The summed E-state index contributed by atoms with van der Waals surface area (Å²) in [5.74, 6) is -0.474. The number of hydrogen-bond donors (Lipinski definition) is 2. The summed E-state index contributed by atoms with van der Waals surface area (Å²) in [6.45, 7) is 3.50. The molecule has 1 aromatic carbocycles. The van der Waals surface area contributed by atoms with Crippen molar-refractivity contribution in [2.75, 3.05) is 6.54 Å². The van der Waals surface area contributed by atoms with E-state index in [1.54, 1.807) is 23.0 Å². The van der Waals surface area contributed by atoms with Crippen LogP contribution in [0.15, 0.2) is 30.5 Å². The highest BCUT2D eigenvalue weighted by atomic mass is 19.1. The third-order valence-corrected chi connectivity index (χ3v) is 3.29. The first-order valence-electron chi connectivity index (χ1n) is 6.87. The van der Waals surface area contributed by atoms with E-state index in [9.17, 15) is 9.18 Å². The van der Waals surface area contributed by atoms with Gasteiger partial charge in [-0.05, 0) is 37.6 Å². The van der Waals surface area contributed by atoms with Crippen LogP contribution in [-0.4, -0.2) is 22.2 Å². The van der Waals surface area contributed by atoms with E-state index in [0.717, 1.165) is 17.7 Å². The lowest BCUT2D eigenvalue weighted by Gasteiger charge is -2.06. The van der Waals surface area contributed by atoms with E-state index in [0.29, 0.717) is 25.2 Å². The number of amides is 1. The van der Waals surface area contributed by atoms with Crippen LogP contribution in [0.4, 0.5) is 4.39 Å². The van der Waals surface area contributed by atoms with Crippen molar-refractivity contribution in [1.82, 2.24) is 15.1 Å². The second-order valence-electron chi connectivity index (χ2n) is 4.82. The molecule has 2 rings (SSSR count). The molecule has 1 heterocycles. The van der Waals surface area contributed by atoms with Crippen molar-refractivity contribution in [1.29, 1.82) is 0 Å². The molecule has 21 heavy (non-hydrogen) atoms. The smallest absolute Gasteiger partial charge is 0.255 e. The van der Waals surface area contributed by atoms with Gasteiger partial charge in [0.15, 0.2) is 0 Å². The Balaban J connectivity index is 1.97. The number of benzene rings is 1. The van der Waals surface area contributed by atoms with Crippen LogP contribution in [-0.2, 0) is 13.1 Å². The van der Waals surface area contributed by atoms with Crippen LogP contribution >= 0.6 is 0 Å². The zero-order chi connectivity index (χ0) is 15.2. The summed E-state index contributed by atoms with van der Waals surface area (Å²) in [4.78, 5) is 12.1. The Kier molecular flexibility index (Phi) is 5.05. The van der Waals surface area contributed by atoms with Crippen LogP contribution in [0.2, 0.25) is 0 Å². The van der Waals surface area contributed by atoms with Gasteiger partial charge in [-0.2, -0.15) is 5.10 Å². The lowest BCUT2D eigenvalue weighted by Crippen LogP contribution is -2.23. The minimum atomic E-state index is -0.290. The standard InChI is InChI=1S/C15H19FN4O/c1-11-14(10-19-20(11)8-2-7-17)15(21)18-9-12-3-5-13(16)6-4-12/h3-6,10H,2,7-9,17H2,1H3,(H,18,21). The van der Waals surface area contributed by atoms with Gasteiger partial charge in [-0.15, -0.1) is 0 Å². The third kappa shape index (κ3) is 3.88. The van der Waals surface area contributed by atoms with Crippen LogP contribution in [0.5, 0.6) is 0 Å². The molecule has 1 amide bonds. The van der Waals surface area contributed by atoms with Crippen molar-refractivity contribution in [2.45, 2.75) is 26.4 Å². The van der Waals surface area contributed by atoms with Gasteiger partial charge in [0.25, 0.3) is 5.91 Å². The number of aromatic nitrogens is 2. The third-order valence-electron chi connectivity index (χ3n) is 3.29. The van der Waals surface area contributed by atoms with Crippen LogP contribution in [0.1, 0.15) is 28.0 Å². The fourth-order valence-corrected chi connectivity index (χ4v) is 2.02. The first-order chi connectivity index (χ1) is 10.1. The molecule has 0 aliphatic carbocycles. The maximum absolute atomic E-state index is 12.8. The summed E-state index contributed by atoms with van der Waals surface area (Å²) in [5, 5.41) is 7.00. The molecule has 112 valence electrons. The van der Waals surface area contributed by atoms with Gasteiger partial charge in [0.1, 0.15) is 5.82 Å². The molecule has 0 saturated heterocycles. The minimum absolute atomic E-state index is 0.184. The van der Waals surface area contributed by atoms with Gasteiger partial charge >= 0.3 is 0 Å². The first kappa shape index (κ1) is 15.2. The highest BCUT2D eigenvalue weighted by molar-refractivity contribution is 5.94. The Bertz CT molecular complexity index is 607. The van der Waals surface area contributed by atoms with Crippen molar-refractivity contribution in [2.24, 2.45) is 5.73 Å². The molecule has 1 aromatic heterocycles. The minimum Gasteiger partial charge on any atom is -0.348 e. The van der Waals surface area contributed by atoms with Gasteiger partial charge in [-0.3, -0.25) is 9.48 Å². The predicted octanol–water partition coefficient (Wildman–Crippen LogP) is 1.61. The van der Waals surface area contributed by atoms with E-state index >= 15 is 0 Å². The molecule has 0 bridgehead atoms. The number of carbonyl (C=O) groups is 1. The molecular weight excluding hydrogens is 271 g/mol. The Hall–Kier alpha value is -2.21. The molecule has 6 heteroatoms. The van der Waals surface area contributed by atoms with Crippen molar-refractivity contribution >= 4 is 5.91 Å². The van der Waals surface area contributed by atoms with Crippen LogP contribution in [0.3, 0.4) is 0 Å². The Morgan fingerprint density at radius 2 is 2.10 bits per heavy atom. The number of nitrogens with zero attached hydrogens (tertiary/aromatic N) is 2. The molecule has 0 radical (unpaired) electrons. The van der Waals surface area contributed by atoms with Gasteiger partial charge in [0.2, 0.25) is 0 Å². The highest BCUT2D eigenvalue weighted by Gasteiger charge is 2.13. The Labute approximate surface area is 123 Å². The van der Waals surface area contributed by atoms with Crippen LogP contribution in [0, 0.1) is 12.7 Å². The molecule has 5 nitrogen and oxygen atoms in total. The molecule has 0 aliphatic rings. The quantitative estimate of drug-likeness (QED) is 0.849. The van der Waals surface area contributed by atoms with E-state index in [1.165, 1.54) is 12.1 Å². The molecule has 0 unspecified atom stereocenters. The number of aryl methyl sites for hydroxylation is 1. The molecule has 0 spiro atoms. The molecule has 0 atom stereocenters. The second-order valence-corrected chi connectivity index (χ2v) is 4.82. The zero-order valence-corrected chi connectivity index (χ0v) is 12.0. The monoisotopic (exact) mass is 290 g/mol.